The summed E-state index contributed by atoms with van der Waals surface area (Å²) in [5, 5.41) is 9.59. The highest BCUT2D eigenvalue weighted by molar-refractivity contribution is 6.32. The molecule has 4 heteroatoms. The van der Waals surface area contributed by atoms with Gasteiger partial charge in [0.1, 0.15) is 5.75 Å². The summed E-state index contributed by atoms with van der Waals surface area (Å²) >= 11 is 6.17. The molecule has 0 aliphatic rings. The molecule has 0 saturated heterocycles. The van der Waals surface area contributed by atoms with E-state index < -0.39 is 11.9 Å². The second kappa shape index (κ2) is 5.19. The van der Waals surface area contributed by atoms with E-state index in [-0.39, 0.29) is 5.41 Å². The Morgan fingerprint density at radius 3 is 2.33 bits per heavy atom. The molecule has 0 spiro atoms. The van der Waals surface area contributed by atoms with Crippen molar-refractivity contribution in [1.29, 1.82) is 0 Å². The molecule has 1 aromatic carbocycles. The summed E-state index contributed by atoms with van der Waals surface area (Å²) in [6.45, 7) is 7.80. The van der Waals surface area contributed by atoms with Crippen LogP contribution < -0.4 is 4.74 Å². The highest BCUT2D eigenvalue weighted by Gasteiger charge is 2.24. The maximum absolute atomic E-state index is 11.1. The molecule has 0 bridgehead atoms. The normalized spacial score (nSPS) is 13.2. The van der Waals surface area contributed by atoms with Crippen molar-refractivity contribution in [2.45, 2.75) is 39.0 Å². The number of carboxylic acid groups (broad SMARTS) is 1. The molecule has 0 aliphatic heterocycles. The number of carbonyl (C=O) groups is 1. The quantitative estimate of drug-likeness (QED) is 0.908. The summed E-state index contributed by atoms with van der Waals surface area (Å²) in [6, 6.07) is 3.70. The molecule has 0 saturated carbocycles. The fourth-order valence-electron chi connectivity index (χ4n) is 1.72. The molecule has 1 aromatic rings. The molecule has 0 aromatic heterocycles. The molecule has 0 aliphatic carbocycles. The summed E-state index contributed by atoms with van der Waals surface area (Å²) in [7, 11) is 1.50. The third-order valence-corrected chi connectivity index (χ3v) is 3.26. The van der Waals surface area contributed by atoms with Gasteiger partial charge in [-0.05, 0) is 24.0 Å². The van der Waals surface area contributed by atoms with Crippen molar-refractivity contribution in [2.24, 2.45) is 0 Å². The van der Waals surface area contributed by atoms with E-state index in [1.54, 1.807) is 6.92 Å². The molecular weight excluding hydrogens is 252 g/mol. The van der Waals surface area contributed by atoms with E-state index in [9.17, 15) is 4.79 Å². The first kappa shape index (κ1) is 14.8. The summed E-state index contributed by atoms with van der Waals surface area (Å²) in [4.78, 5) is 11.1. The lowest BCUT2D eigenvalue weighted by Gasteiger charge is -2.23. The van der Waals surface area contributed by atoms with Gasteiger partial charge in [-0.3, -0.25) is 4.79 Å². The van der Waals surface area contributed by atoms with Crippen LogP contribution in [0, 0.1) is 0 Å². The van der Waals surface area contributed by atoms with Crippen LogP contribution in [0.1, 0.15) is 44.7 Å². The molecule has 1 rings (SSSR count). The zero-order valence-corrected chi connectivity index (χ0v) is 12.1. The van der Waals surface area contributed by atoms with Gasteiger partial charge in [0, 0.05) is 5.56 Å². The fourth-order valence-corrected chi connectivity index (χ4v) is 2.02. The van der Waals surface area contributed by atoms with E-state index in [1.165, 1.54) is 7.11 Å². The van der Waals surface area contributed by atoms with Gasteiger partial charge in [0.2, 0.25) is 0 Å². The van der Waals surface area contributed by atoms with Gasteiger partial charge in [0.05, 0.1) is 18.1 Å². The lowest BCUT2D eigenvalue weighted by molar-refractivity contribution is -0.138. The average molecular weight is 271 g/mol. The molecule has 1 unspecified atom stereocenters. The van der Waals surface area contributed by atoms with Crippen molar-refractivity contribution in [2.75, 3.05) is 7.11 Å². The minimum absolute atomic E-state index is 0.0944. The van der Waals surface area contributed by atoms with E-state index in [1.807, 2.05) is 12.1 Å². The Kier molecular flexibility index (Phi) is 4.28. The molecule has 3 nitrogen and oxygen atoms in total. The Morgan fingerprint density at radius 1 is 1.39 bits per heavy atom. The van der Waals surface area contributed by atoms with E-state index in [0.29, 0.717) is 16.3 Å². The van der Waals surface area contributed by atoms with Crippen LogP contribution in [0.4, 0.5) is 0 Å². The summed E-state index contributed by atoms with van der Waals surface area (Å²) in [5.74, 6) is -1.10. The number of benzene rings is 1. The minimum Gasteiger partial charge on any atom is -0.495 e. The van der Waals surface area contributed by atoms with Crippen molar-refractivity contribution >= 4 is 17.6 Å². The highest BCUT2D eigenvalue weighted by atomic mass is 35.5. The predicted molar refractivity (Wildman–Crippen MR) is 72.8 cm³/mol. The minimum atomic E-state index is -0.893. The van der Waals surface area contributed by atoms with Crippen LogP contribution in [0.3, 0.4) is 0 Å². The average Bonchev–Trinajstić information content (AvgIpc) is 2.25. The van der Waals surface area contributed by atoms with Crippen molar-refractivity contribution in [1.82, 2.24) is 0 Å². The third-order valence-electron chi connectivity index (χ3n) is 2.98. The maximum Gasteiger partial charge on any atom is 0.310 e. The molecule has 1 atom stereocenters. The lowest BCUT2D eigenvalue weighted by atomic mass is 9.84. The Hall–Kier alpha value is -1.22. The molecule has 1 N–H and O–H groups in total. The number of rotatable bonds is 3. The highest BCUT2D eigenvalue weighted by Crippen LogP contribution is 2.38. The van der Waals surface area contributed by atoms with Crippen molar-refractivity contribution in [3.63, 3.8) is 0 Å². The van der Waals surface area contributed by atoms with E-state index in [0.717, 1.165) is 5.56 Å². The lowest BCUT2D eigenvalue weighted by Crippen LogP contribution is -2.15. The van der Waals surface area contributed by atoms with Gasteiger partial charge < -0.3 is 9.84 Å². The van der Waals surface area contributed by atoms with Gasteiger partial charge in [-0.2, -0.15) is 0 Å². The van der Waals surface area contributed by atoms with Gasteiger partial charge in [-0.1, -0.05) is 38.4 Å². The molecule has 0 radical (unpaired) electrons. The number of hydrogen-bond acceptors (Lipinski definition) is 2. The van der Waals surface area contributed by atoms with Gasteiger partial charge in [-0.15, -0.1) is 0 Å². The summed E-state index contributed by atoms with van der Waals surface area (Å²) in [6.07, 6.45) is 0. The van der Waals surface area contributed by atoms with Crippen LogP contribution in [-0.2, 0) is 10.2 Å². The fraction of sp³-hybridized carbons (Fsp3) is 0.500. The smallest absolute Gasteiger partial charge is 0.310 e. The Labute approximate surface area is 113 Å². The van der Waals surface area contributed by atoms with Crippen molar-refractivity contribution in [3.05, 3.63) is 28.3 Å². The Morgan fingerprint density at radius 2 is 1.94 bits per heavy atom. The van der Waals surface area contributed by atoms with Gasteiger partial charge in [-0.25, -0.2) is 0 Å². The van der Waals surface area contributed by atoms with Crippen LogP contribution in [0.5, 0.6) is 5.75 Å². The van der Waals surface area contributed by atoms with Crippen LogP contribution in [0.2, 0.25) is 5.02 Å². The number of halogens is 1. The van der Waals surface area contributed by atoms with Crippen molar-refractivity contribution in [3.8, 4) is 5.75 Å². The second-order valence-electron chi connectivity index (χ2n) is 5.39. The van der Waals surface area contributed by atoms with Crippen molar-refractivity contribution < 1.29 is 14.6 Å². The standard InChI is InChI=1S/C14H19ClO3/c1-8(13(16)17)10-6-9(14(2,3)4)7-11(15)12(10)18-5/h6-8H,1-5H3,(H,16,17). The molecule has 0 fully saturated rings. The molecule has 0 heterocycles. The van der Waals surface area contributed by atoms with Crippen LogP contribution in [-0.4, -0.2) is 18.2 Å². The number of carboxylic acids is 1. The van der Waals surface area contributed by atoms with E-state index in [2.05, 4.69) is 20.8 Å². The van der Waals surface area contributed by atoms with Gasteiger partial charge >= 0.3 is 5.97 Å². The molecule has 0 amide bonds. The Bertz CT molecular complexity index is 461. The first-order valence-electron chi connectivity index (χ1n) is 5.79. The molecular formula is C14H19ClO3. The maximum atomic E-state index is 11.1. The summed E-state index contributed by atoms with van der Waals surface area (Å²) in [5.41, 5.74) is 1.52. The first-order valence-corrected chi connectivity index (χ1v) is 6.17. The molecule has 18 heavy (non-hydrogen) atoms. The van der Waals surface area contributed by atoms with Gasteiger partial charge in [0.25, 0.3) is 0 Å². The monoisotopic (exact) mass is 270 g/mol. The second-order valence-corrected chi connectivity index (χ2v) is 5.80. The van der Waals surface area contributed by atoms with Crippen LogP contribution >= 0.6 is 11.6 Å². The van der Waals surface area contributed by atoms with Crippen LogP contribution in [0.15, 0.2) is 12.1 Å². The summed E-state index contributed by atoms with van der Waals surface area (Å²) < 4.78 is 5.22. The van der Waals surface area contributed by atoms with E-state index in [4.69, 9.17) is 21.4 Å². The molecule has 100 valence electrons. The van der Waals surface area contributed by atoms with E-state index >= 15 is 0 Å². The zero-order valence-electron chi connectivity index (χ0n) is 11.4. The zero-order chi connectivity index (χ0) is 14.1. The number of ether oxygens (including phenoxy) is 1. The first-order chi connectivity index (χ1) is 8.18. The van der Waals surface area contributed by atoms with Crippen LogP contribution in [0.25, 0.3) is 0 Å². The SMILES string of the molecule is COc1c(Cl)cc(C(C)(C)C)cc1C(C)C(=O)O. The third kappa shape index (κ3) is 2.96. The largest absolute Gasteiger partial charge is 0.495 e. The number of aliphatic carboxylic acids is 1. The topological polar surface area (TPSA) is 46.5 Å². The predicted octanol–water partition coefficient (Wildman–Crippen LogP) is 3.83. The number of hydrogen-bond donors (Lipinski definition) is 1. The Balaban J connectivity index is 3.46. The number of methoxy groups -OCH3 is 1. The van der Waals surface area contributed by atoms with Gasteiger partial charge in [0.15, 0.2) is 0 Å².